The summed E-state index contributed by atoms with van der Waals surface area (Å²) in [5.74, 6) is 1.77. The summed E-state index contributed by atoms with van der Waals surface area (Å²) in [5.41, 5.74) is 1.25. The molecule has 1 N–H and O–H groups in total. The van der Waals surface area contributed by atoms with E-state index >= 15 is 0 Å². The van der Waals surface area contributed by atoms with Gasteiger partial charge in [0.05, 0.1) is 7.11 Å². The number of ether oxygens (including phenoxy) is 1. The quantitative estimate of drug-likeness (QED) is 0.825. The van der Waals surface area contributed by atoms with Gasteiger partial charge in [0.2, 0.25) is 5.91 Å². The number of rotatable bonds is 7. The maximum Gasteiger partial charge on any atom is 0.220 e. The number of piperazine rings is 1. The first kappa shape index (κ1) is 18.1. The van der Waals surface area contributed by atoms with Crippen LogP contribution in [0.15, 0.2) is 24.3 Å². The highest BCUT2D eigenvalue weighted by molar-refractivity contribution is 5.76. The first-order valence-electron chi connectivity index (χ1n) is 9.62. The SMILES string of the molecule is COc1ccc(N2CCN(CCNC(=O)CC3CCCC3)CC2)cc1. The number of nitrogens with one attached hydrogen (secondary N) is 1. The molecule has 1 saturated carbocycles. The Bertz CT molecular complexity index is 532. The van der Waals surface area contributed by atoms with E-state index in [1.807, 2.05) is 12.1 Å². The van der Waals surface area contributed by atoms with E-state index in [4.69, 9.17) is 4.74 Å². The molecule has 1 heterocycles. The number of hydrogen-bond acceptors (Lipinski definition) is 4. The van der Waals surface area contributed by atoms with Crippen LogP contribution in [-0.2, 0) is 4.79 Å². The summed E-state index contributed by atoms with van der Waals surface area (Å²) in [6, 6.07) is 8.28. The molecule has 25 heavy (non-hydrogen) atoms. The summed E-state index contributed by atoms with van der Waals surface area (Å²) in [6.45, 7) is 5.88. The average molecular weight is 345 g/mol. The summed E-state index contributed by atoms with van der Waals surface area (Å²) < 4.78 is 5.22. The van der Waals surface area contributed by atoms with Gasteiger partial charge in [-0.3, -0.25) is 9.69 Å². The molecule has 0 radical (unpaired) electrons. The zero-order valence-electron chi connectivity index (χ0n) is 15.4. The van der Waals surface area contributed by atoms with E-state index < -0.39 is 0 Å². The fraction of sp³-hybridized carbons (Fsp3) is 0.650. The van der Waals surface area contributed by atoms with Gasteiger partial charge in [0.25, 0.3) is 0 Å². The van der Waals surface area contributed by atoms with Crippen LogP contribution in [0.25, 0.3) is 0 Å². The Morgan fingerprint density at radius 2 is 1.80 bits per heavy atom. The number of anilines is 1. The lowest BCUT2D eigenvalue weighted by molar-refractivity contribution is -0.122. The molecule has 3 rings (SSSR count). The third-order valence-corrected chi connectivity index (χ3v) is 5.51. The third kappa shape index (κ3) is 5.36. The van der Waals surface area contributed by atoms with Gasteiger partial charge < -0.3 is 15.0 Å². The Labute approximate surface area is 151 Å². The van der Waals surface area contributed by atoms with Gasteiger partial charge >= 0.3 is 0 Å². The molecule has 1 aliphatic heterocycles. The van der Waals surface area contributed by atoms with Crippen LogP contribution in [0.1, 0.15) is 32.1 Å². The van der Waals surface area contributed by atoms with Crippen molar-refractivity contribution in [3.8, 4) is 5.75 Å². The number of benzene rings is 1. The zero-order chi connectivity index (χ0) is 17.5. The van der Waals surface area contributed by atoms with Gasteiger partial charge in [-0.1, -0.05) is 12.8 Å². The molecular formula is C20H31N3O2. The molecule has 2 aliphatic rings. The second-order valence-corrected chi connectivity index (χ2v) is 7.23. The van der Waals surface area contributed by atoms with Crippen molar-refractivity contribution in [2.45, 2.75) is 32.1 Å². The van der Waals surface area contributed by atoms with Crippen LogP contribution in [0.4, 0.5) is 5.69 Å². The molecule has 1 aromatic rings. The number of carbonyl (C=O) groups excluding carboxylic acids is 1. The maximum atomic E-state index is 12.0. The largest absolute Gasteiger partial charge is 0.497 e. The average Bonchev–Trinajstić information content (AvgIpc) is 3.15. The molecule has 0 unspecified atom stereocenters. The molecule has 0 aromatic heterocycles. The van der Waals surface area contributed by atoms with Crippen molar-refractivity contribution in [2.75, 3.05) is 51.3 Å². The van der Waals surface area contributed by atoms with Gasteiger partial charge in [0.15, 0.2) is 0 Å². The molecule has 0 bridgehead atoms. The van der Waals surface area contributed by atoms with E-state index in [2.05, 4.69) is 27.2 Å². The summed E-state index contributed by atoms with van der Waals surface area (Å²) in [6.07, 6.45) is 5.81. The number of hydrogen-bond donors (Lipinski definition) is 1. The highest BCUT2D eigenvalue weighted by Gasteiger charge is 2.19. The van der Waals surface area contributed by atoms with Gasteiger partial charge in [0.1, 0.15) is 5.75 Å². The highest BCUT2D eigenvalue weighted by Crippen LogP contribution is 2.27. The van der Waals surface area contributed by atoms with Gasteiger partial charge in [-0.05, 0) is 43.0 Å². The Morgan fingerprint density at radius 3 is 2.44 bits per heavy atom. The van der Waals surface area contributed by atoms with E-state index in [1.165, 1.54) is 31.4 Å². The van der Waals surface area contributed by atoms with Gasteiger partial charge in [0, 0.05) is 51.4 Å². The van der Waals surface area contributed by atoms with Crippen molar-refractivity contribution in [2.24, 2.45) is 5.92 Å². The fourth-order valence-electron chi connectivity index (χ4n) is 3.92. The predicted molar refractivity (Wildman–Crippen MR) is 101 cm³/mol. The minimum absolute atomic E-state index is 0.240. The van der Waals surface area contributed by atoms with Crippen molar-refractivity contribution in [3.05, 3.63) is 24.3 Å². The molecule has 0 spiro atoms. The monoisotopic (exact) mass is 345 g/mol. The molecule has 0 atom stereocenters. The van der Waals surface area contributed by atoms with Crippen molar-refractivity contribution < 1.29 is 9.53 Å². The molecule has 5 nitrogen and oxygen atoms in total. The second-order valence-electron chi connectivity index (χ2n) is 7.23. The van der Waals surface area contributed by atoms with Crippen molar-refractivity contribution in [1.82, 2.24) is 10.2 Å². The third-order valence-electron chi connectivity index (χ3n) is 5.51. The fourth-order valence-corrected chi connectivity index (χ4v) is 3.92. The summed E-state index contributed by atoms with van der Waals surface area (Å²) in [4.78, 5) is 16.8. The van der Waals surface area contributed by atoms with E-state index in [0.29, 0.717) is 5.92 Å². The smallest absolute Gasteiger partial charge is 0.220 e. The highest BCUT2D eigenvalue weighted by atomic mass is 16.5. The van der Waals surface area contributed by atoms with Crippen LogP contribution in [-0.4, -0.2) is 57.2 Å². The van der Waals surface area contributed by atoms with Gasteiger partial charge in [-0.25, -0.2) is 0 Å². The van der Waals surface area contributed by atoms with E-state index in [-0.39, 0.29) is 5.91 Å². The molecule has 1 saturated heterocycles. The van der Waals surface area contributed by atoms with E-state index in [0.717, 1.165) is 51.4 Å². The molecule has 138 valence electrons. The minimum atomic E-state index is 0.240. The van der Waals surface area contributed by atoms with Gasteiger partial charge in [-0.15, -0.1) is 0 Å². The van der Waals surface area contributed by atoms with Crippen molar-refractivity contribution in [1.29, 1.82) is 0 Å². The first-order chi connectivity index (χ1) is 12.2. The lowest BCUT2D eigenvalue weighted by Gasteiger charge is -2.36. The topological polar surface area (TPSA) is 44.8 Å². The minimum Gasteiger partial charge on any atom is -0.497 e. The summed E-state index contributed by atoms with van der Waals surface area (Å²) in [5, 5.41) is 3.10. The zero-order valence-corrected chi connectivity index (χ0v) is 15.4. The van der Waals surface area contributed by atoms with Crippen LogP contribution in [0, 0.1) is 5.92 Å². The maximum absolute atomic E-state index is 12.0. The number of carbonyl (C=O) groups is 1. The number of methoxy groups -OCH3 is 1. The first-order valence-corrected chi connectivity index (χ1v) is 9.62. The Balaban J connectivity index is 1.32. The van der Waals surface area contributed by atoms with Crippen LogP contribution in [0.2, 0.25) is 0 Å². The van der Waals surface area contributed by atoms with Crippen molar-refractivity contribution >= 4 is 11.6 Å². The molecule has 1 aromatic carbocycles. The van der Waals surface area contributed by atoms with Crippen LogP contribution in [0.5, 0.6) is 5.75 Å². The Hall–Kier alpha value is -1.75. The second kappa shape index (κ2) is 9.09. The molecule has 1 amide bonds. The number of amides is 1. The Morgan fingerprint density at radius 1 is 1.12 bits per heavy atom. The lowest BCUT2D eigenvalue weighted by atomic mass is 10.0. The molecule has 1 aliphatic carbocycles. The van der Waals surface area contributed by atoms with Crippen LogP contribution >= 0.6 is 0 Å². The molecular weight excluding hydrogens is 314 g/mol. The van der Waals surface area contributed by atoms with E-state index in [9.17, 15) is 4.79 Å². The molecule has 5 heteroatoms. The molecule has 2 fully saturated rings. The van der Waals surface area contributed by atoms with Crippen LogP contribution < -0.4 is 15.0 Å². The standard InChI is InChI=1S/C20H31N3O2/c1-25-19-8-6-18(7-9-19)23-14-12-22(13-15-23)11-10-21-20(24)16-17-4-2-3-5-17/h6-9,17H,2-5,10-16H2,1H3,(H,21,24). The van der Waals surface area contributed by atoms with E-state index in [1.54, 1.807) is 7.11 Å². The van der Waals surface area contributed by atoms with Crippen LogP contribution in [0.3, 0.4) is 0 Å². The lowest BCUT2D eigenvalue weighted by Crippen LogP contribution is -2.48. The van der Waals surface area contributed by atoms with Crippen molar-refractivity contribution in [3.63, 3.8) is 0 Å². The normalized spacial score (nSPS) is 19.2. The predicted octanol–water partition coefficient (Wildman–Crippen LogP) is 2.51. The van der Waals surface area contributed by atoms with Gasteiger partial charge in [-0.2, -0.15) is 0 Å². The Kier molecular flexibility index (Phi) is 6.56. The summed E-state index contributed by atoms with van der Waals surface area (Å²) in [7, 11) is 1.69. The summed E-state index contributed by atoms with van der Waals surface area (Å²) >= 11 is 0. The number of nitrogens with zero attached hydrogens (tertiary/aromatic N) is 2.